The van der Waals surface area contributed by atoms with Gasteiger partial charge in [0.05, 0.1) is 6.26 Å². The van der Waals surface area contributed by atoms with Crippen molar-refractivity contribution in [3.63, 3.8) is 0 Å². The summed E-state index contributed by atoms with van der Waals surface area (Å²) in [5.41, 5.74) is 1.50. The molecule has 3 rings (SSSR count). The Bertz CT molecular complexity index is 867. The van der Waals surface area contributed by atoms with Gasteiger partial charge in [-0.15, -0.1) is 0 Å². The zero-order valence-electron chi connectivity index (χ0n) is 12.4. The fraction of sp³-hybridized carbons (Fsp3) is 0.125. The SMILES string of the molecule is Cn1nc(C(=O)NCc2ccc(-c3ccco3)nc2)ccc1=O. The number of nitrogens with zero attached hydrogens (tertiary/aromatic N) is 3. The summed E-state index contributed by atoms with van der Waals surface area (Å²) < 4.78 is 6.39. The third-order valence-corrected chi connectivity index (χ3v) is 3.24. The molecule has 3 aromatic rings. The van der Waals surface area contributed by atoms with Crippen molar-refractivity contribution in [3.05, 3.63) is 70.5 Å². The molecule has 1 N–H and O–H groups in total. The van der Waals surface area contributed by atoms with Crippen molar-refractivity contribution >= 4 is 5.91 Å². The number of rotatable bonds is 4. The molecule has 0 fully saturated rings. The highest BCUT2D eigenvalue weighted by molar-refractivity contribution is 5.91. The summed E-state index contributed by atoms with van der Waals surface area (Å²) in [6.45, 7) is 0.314. The lowest BCUT2D eigenvalue weighted by atomic mass is 10.2. The van der Waals surface area contributed by atoms with Crippen molar-refractivity contribution < 1.29 is 9.21 Å². The zero-order chi connectivity index (χ0) is 16.2. The minimum absolute atomic E-state index is 0.187. The van der Waals surface area contributed by atoms with Crippen molar-refractivity contribution in [1.29, 1.82) is 0 Å². The highest BCUT2D eigenvalue weighted by Crippen LogP contribution is 2.16. The quantitative estimate of drug-likeness (QED) is 0.786. The number of nitrogens with one attached hydrogen (secondary N) is 1. The van der Waals surface area contributed by atoms with E-state index < -0.39 is 0 Å². The van der Waals surface area contributed by atoms with Crippen LogP contribution in [0.2, 0.25) is 0 Å². The van der Waals surface area contributed by atoms with Gasteiger partial charge < -0.3 is 9.73 Å². The van der Waals surface area contributed by atoms with E-state index in [0.29, 0.717) is 12.3 Å². The van der Waals surface area contributed by atoms with Gasteiger partial charge in [-0.25, -0.2) is 4.68 Å². The molecule has 3 aromatic heterocycles. The molecule has 0 atom stereocenters. The van der Waals surface area contributed by atoms with Crippen LogP contribution in [-0.2, 0) is 13.6 Å². The number of hydrogen-bond donors (Lipinski definition) is 1. The Labute approximate surface area is 131 Å². The predicted molar refractivity (Wildman–Crippen MR) is 82.6 cm³/mol. The molecular formula is C16H14N4O3. The number of aromatic nitrogens is 3. The van der Waals surface area contributed by atoms with Crippen LogP contribution in [0.5, 0.6) is 0 Å². The maximum Gasteiger partial charge on any atom is 0.271 e. The molecule has 0 aromatic carbocycles. The van der Waals surface area contributed by atoms with Crippen molar-refractivity contribution in [3.8, 4) is 11.5 Å². The van der Waals surface area contributed by atoms with E-state index in [1.54, 1.807) is 18.5 Å². The van der Waals surface area contributed by atoms with Crippen LogP contribution >= 0.6 is 0 Å². The molecule has 7 nitrogen and oxygen atoms in total. The third-order valence-electron chi connectivity index (χ3n) is 3.24. The first-order chi connectivity index (χ1) is 11.1. The summed E-state index contributed by atoms with van der Waals surface area (Å²) in [4.78, 5) is 27.6. The van der Waals surface area contributed by atoms with E-state index in [-0.39, 0.29) is 17.2 Å². The standard InChI is InChI=1S/C16H14N4O3/c1-20-15(21)7-6-13(19-20)16(22)18-10-11-4-5-12(17-9-11)14-3-2-8-23-14/h2-9H,10H2,1H3,(H,18,22). The Morgan fingerprint density at radius 2 is 2.13 bits per heavy atom. The minimum atomic E-state index is -0.351. The number of furan rings is 1. The monoisotopic (exact) mass is 310 g/mol. The number of carbonyl (C=O) groups is 1. The van der Waals surface area contributed by atoms with Gasteiger partial charge in [-0.05, 0) is 29.8 Å². The molecule has 0 unspecified atom stereocenters. The van der Waals surface area contributed by atoms with Crippen molar-refractivity contribution in [1.82, 2.24) is 20.1 Å². The number of pyridine rings is 1. The van der Waals surface area contributed by atoms with Gasteiger partial charge in [-0.3, -0.25) is 14.6 Å². The summed E-state index contributed by atoms with van der Waals surface area (Å²) in [6.07, 6.45) is 3.26. The van der Waals surface area contributed by atoms with Crippen LogP contribution in [0, 0.1) is 0 Å². The van der Waals surface area contributed by atoms with E-state index in [2.05, 4.69) is 15.4 Å². The van der Waals surface area contributed by atoms with Gasteiger partial charge in [0.25, 0.3) is 11.5 Å². The first-order valence-electron chi connectivity index (χ1n) is 6.95. The fourth-order valence-corrected chi connectivity index (χ4v) is 2.00. The molecule has 0 bridgehead atoms. The Kier molecular flexibility index (Phi) is 4.01. The van der Waals surface area contributed by atoms with Crippen molar-refractivity contribution in [2.24, 2.45) is 7.05 Å². The van der Waals surface area contributed by atoms with Crippen LogP contribution in [-0.4, -0.2) is 20.7 Å². The normalized spacial score (nSPS) is 10.5. The molecule has 0 radical (unpaired) electrons. The van der Waals surface area contributed by atoms with Crippen LogP contribution in [0.4, 0.5) is 0 Å². The minimum Gasteiger partial charge on any atom is -0.463 e. The van der Waals surface area contributed by atoms with Gasteiger partial charge >= 0.3 is 0 Å². The maximum atomic E-state index is 12.0. The Morgan fingerprint density at radius 1 is 1.26 bits per heavy atom. The second kappa shape index (κ2) is 6.27. The molecular weight excluding hydrogens is 296 g/mol. The van der Waals surface area contributed by atoms with Crippen molar-refractivity contribution in [2.45, 2.75) is 6.54 Å². The molecule has 0 aliphatic rings. The Morgan fingerprint density at radius 3 is 2.78 bits per heavy atom. The molecule has 0 saturated heterocycles. The Balaban J connectivity index is 1.64. The molecule has 0 spiro atoms. The summed E-state index contributed by atoms with van der Waals surface area (Å²) in [7, 11) is 1.50. The van der Waals surface area contributed by atoms with Crippen LogP contribution in [0.25, 0.3) is 11.5 Å². The number of aryl methyl sites for hydroxylation is 1. The zero-order valence-corrected chi connectivity index (χ0v) is 12.4. The van der Waals surface area contributed by atoms with Gasteiger partial charge in [-0.2, -0.15) is 5.10 Å². The third kappa shape index (κ3) is 3.34. The van der Waals surface area contributed by atoms with Crippen LogP contribution in [0.3, 0.4) is 0 Å². The van der Waals surface area contributed by atoms with Gasteiger partial charge in [0.2, 0.25) is 0 Å². The first-order valence-corrected chi connectivity index (χ1v) is 6.95. The second-order valence-corrected chi connectivity index (χ2v) is 4.89. The van der Waals surface area contributed by atoms with Gasteiger partial charge in [0, 0.05) is 25.9 Å². The van der Waals surface area contributed by atoms with E-state index in [4.69, 9.17) is 4.42 Å². The number of carbonyl (C=O) groups excluding carboxylic acids is 1. The van der Waals surface area contributed by atoms with E-state index in [9.17, 15) is 9.59 Å². The predicted octanol–water partition coefficient (Wildman–Crippen LogP) is 1.37. The number of hydrogen-bond acceptors (Lipinski definition) is 5. The van der Waals surface area contributed by atoms with E-state index in [0.717, 1.165) is 15.9 Å². The van der Waals surface area contributed by atoms with Gasteiger partial charge in [0.15, 0.2) is 5.76 Å². The first kappa shape index (κ1) is 14.7. The average molecular weight is 310 g/mol. The van der Waals surface area contributed by atoms with Crippen LogP contribution < -0.4 is 10.9 Å². The van der Waals surface area contributed by atoms with E-state index in [1.807, 2.05) is 18.2 Å². The lowest BCUT2D eigenvalue weighted by Crippen LogP contribution is -2.28. The molecule has 1 amide bonds. The molecule has 0 aliphatic heterocycles. The fourth-order valence-electron chi connectivity index (χ4n) is 2.00. The van der Waals surface area contributed by atoms with Gasteiger partial charge in [-0.1, -0.05) is 6.07 Å². The largest absolute Gasteiger partial charge is 0.463 e. The summed E-state index contributed by atoms with van der Waals surface area (Å²) in [5.74, 6) is 0.339. The topological polar surface area (TPSA) is 90.0 Å². The van der Waals surface area contributed by atoms with E-state index in [1.165, 1.54) is 19.2 Å². The summed E-state index contributed by atoms with van der Waals surface area (Å²) in [5, 5.41) is 6.63. The maximum absolute atomic E-state index is 12.0. The van der Waals surface area contributed by atoms with Gasteiger partial charge in [0.1, 0.15) is 11.4 Å². The number of amides is 1. The summed E-state index contributed by atoms with van der Waals surface area (Å²) in [6, 6.07) is 10.0. The van der Waals surface area contributed by atoms with Crippen LogP contribution in [0.15, 0.2) is 58.1 Å². The lowest BCUT2D eigenvalue weighted by molar-refractivity contribution is 0.0943. The average Bonchev–Trinajstić information content (AvgIpc) is 3.10. The highest BCUT2D eigenvalue weighted by atomic mass is 16.3. The van der Waals surface area contributed by atoms with Crippen LogP contribution in [0.1, 0.15) is 16.1 Å². The second-order valence-electron chi connectivity index (χ2n) is 4.89. The Hall–Kier alpha value is -3.22. The van der Waals surface area contributed by atoms with E-state index >= 15 is 0 Å². The molecule has 116 valence electrons. The smallest absolute Gasteiger partial charge is 0.271 e. The molecule has 3 heterocycles. The molecule has 0 saturated carbocycles. The summed E-state index contributed by atoms with van der Waals surface area (Å²) >= 11 is 0. The van der Waals surface area contributed by atoms with Crippen molar-refractivity contribution in [2.75, 3.05) is 0 Å². The lowest BCUT2D eigenvalue weighted by Gasteiger charge is -2.06. The molecule has 0 aliphatic carbocycles. The highest BCUT2D eigenvalue weighted by Gasteiger charge is 2.08. The molecule has 7 heteroatoms. The molecule has 23 heavy (non-hydrogen) atoms.